The lowest BCUT2D eigenvalue weighted by atomic mass is 10.2. The van der Waals surface area contributed by atoms with Gasteiger partial charge in [0, 0.05) is 11.4 Å². The topological polar surface area (TPSA) is 108 Å². The Morgan fingerprint density at radius 2 is 1.93 bits per heavy atom. The van der Waals surface area contributed by atoms with Crippen LogP contribution in [0.3, 0.4) is 0 Å². The molecule has 1 aromatic carbocycles. The van der Waals surface area contributed by atoms with Crippen molar-refractivity contribution in [1.82, 2.24) is 5.32 Å². The molecule has 0 aliphatic carbocycles. The lowest BCUT2D eigenvalue weighted by Crippen LogP contribution is -2.49. The normalized spacial score (nSPS) is 21.7. The van der Waals surface area contributed by atoms with E-state index in [4.69, 9.17) is 21.1 Å². The molecule has 30 heavy (non-hydrogen) atoms. The molecule has 2 aromatic rings. The number of anilines is 2. The van der Waals surface area contributed by atoms with E-state index in [-0.39, 0.29) is 38.1 Å². The third-order valence-corrected chi connectivity index (χ3v) is 5.89. The Kier molecular flexibility index (Phi) is 5.91. The van der Waals surface area contributed by atoms with Crippen LogP contribution in [0.2, 0.25) is 4.34 Å². The van der Waals surface area contributed by atoms with Crippen LogP contribution < -0.4 is 15.1 Å². The molecule has 0 spiro atoms. The van der Waals surface area contributed by atoms with Crippen molar-refractivity contribution in [2.24, 2.45) is 0 Å². The van der Waals surface area contributed by atoms with Gasteiger partial charge in [-0.2, -0.15) is 0 Å². The third-order valence-electron chi connectivity index (χ3n) is 4.66. The maximum Gasteiger partial charge on any atom is 0.414 e. The second-order valence-electron chi connectivity index (χ2n) is 6.71. The molecular formula is C19H18ClN3O6S. The fourth-order valence-electron chi connectivity index (χ4n) is 3.24. The first-order valence-corrected chi connectivity index (χ1v) is 10.3. The zero-order chi connectivity index (χ0) is 21.3. The number of halogens is 1. The summed E-state index contributed by atoms with van der Waals surface area (Å²) in [5, 5.41) is 12.7. The number of amides is 3. The third kappa shape index (κ3) is 4.26. The Morgan fingerprint density at radius 1 is 1.20 bits per heavy atom. The van der Waals surface area contributed by atoms with Crippen LogP contribution in [0.15, 0.2) is 36.4 Å². The van der Waals surface area contributed by atoms with E-state index in [0.29, 0.717) is 20.6 Å². The molecule has 2 aliphatic heterocycles. The number of carbonyl (C=O) groups is 3. The Morgan fingerprint density at radius 3 is 2.60 bits per heavy atom. The predicted molar refractivity (Wildman–Crippen MR) is 110 cm³/mol. The summed E-state index contributed by atoms with van der Waals surface area (Å²) in [4.78, 5) is 39.5. The fraction of sp³-hybridized carbons (Fsp3) is 0.316. The SMILES string of the molecule is O=C(NCC1CN(c2ccc(N3C(=O)COCC3O)cc2)C(=O)O1)c1ccc(Cl)s1. The van der Waals surface area contributed by atoms with Gasteiger partial charge >= 0.3 is 6.09 Å². The van der Waals surface area contributed by atoms with Gasteiger partial charge < -0.3 is 19.9 Å². The molecule has 4 rings (SSSR count). The highest BCUT2D eigenvalue weighted by molar-refractivity contribution is 7.18. The Balaban J connectivity index is 1.37. The molecule has 2 fully saturated rings. The number of nitrogens with zero attached hydrogens (tertiary/aromatic N) is 2. The summed E-state index contributed by atoms with van der Waals surface area (Å²) in [6.07, 6.45) is -2.08. The summed E-state index contributed by atoms with van der Waals surface area (Å²) in [6.45, 7) is 0.380. The number of ether oxygens (including phenoxy) is 2. The molecule has 1 aromatic heterocycles. The number of cyclic esters (lactones) is 1. The van der Waals surface area contributed by atoms with Gasteiger partial charge in [-0.1, -0.05) is 11.6 Å². The van der Waals surface area contributed by atoms with Crippen LogP contribution in [0.1, 0.15) is 9.67 Å². The maximum atomic E-state index is 12.2. The number of carbonyl (C=O) groups excluding carboxylic acids is 3. The molecule has 9 nitrogen and oxygen atoms in total. The Labute approximate surface area is 180 Å². The van der Waals surface area contributed by atoms with Gasteiger partial charge in [0.25, 0.3) is 11.8 Å². The molecule has 0 radical (unpaired) electrons. The monoisotopic (exact) mass is 451 g/mol. The van der Waals surface area contributed by atoms with Crippen LogP contribution in [0, 0.1) is 0 Å². The molecule has 158 valence electrons. The van der Waals surface area contributed by atoms with E-state index in [1.165, 1.54) is 21.1 Å². The number of hydrogen-bond acceptors (Lipinski definition) is 7. The van der Waals surface area contributed by atoms with Gasteiger partial charge in [0.2, 0.25) is 0 Å². The van der Waals surface area contributed by atoms with Crippen LogP contribution in [0.5, 0.6) is 0 Å². The van der Waals surface area contributed by atoms with E-state index in [0.717, 1.165) is 0 Å². The van der Waals surface area contributed by atoms with Crippen LogP contribution in [0.4, 0.5) is 16.2 Å². The largest absolute Gasteiger partial charge is 0.442 e. The van der Waals surface area contributed by atoms with Gasteiger partial charge in [-0.05, 0) is 36.4 Å². The smallest absolute Gasteiger partial charge is 0.414 e. The minimum absolute atomic E-state index is 0.0387. The van der Waals surface area contributed by atoms with Crippen LogP contribution in [-0.2, 0) is 14.3 Å². The Bertz CT molecular complexity index is 965. The van der Waals surface area contributed by atoms with Gasteiger partial charge in [-0.25, -0.2) is 4.79 Å². The molecule has 0 bridgehead atoms. The highest BCUT2D eigenvalue weighted by atomic mass is 35.5. The van der Waals surface area contributed by atoms with Gasteiger partial charge in [0.15, 0.2) is 6.23 Å². The molecule has 3 amide bonds. The minimum atomic E-state index is -1.06. The highest BCUT2D eigenvalue weighted by Crippen LogP contribution is 2.27. The van der Waals surface area contributed by atoms with Crippen LogP contribution in [-0.4, -0.2) is 61.6 Å². The molecule has 2 unspecified atom stereocenters. The summed E-state index contributed by atoms with van der Waals surface area (Å²) in [6, 6.07) is 9.90. The van der Waals surface area contributed by atoms with E-state index in [1.54, 1.807) is 36.4 Å². The maximum absolute atomic E-state index is 12.2. The molecular weight excluding hydrogens is 434 g/mol. The predicted octanol–water partition coefficient (Wildman–Crippen LogP) is 1.84. The summed E-state index contributed by atoms with van der Waals surface area (Å²) in [7, 11) is 0. The number of aliphatic hydroxyl groups is 1. The first-order valence-electron chi connectivity index (χ1n) is 9.12. The summed E-state index contributed by atoms with van der Waals surface area (Å²) in [5.41, 5.74) is 1.09. The summed E-state index contributed by atoms with van der Waals surface area (Å²) >= 11 is 7.01. The number of hydrogen-bond donors (Lipinski definition) is 2. The van der Waals surface area contributed by atoms with Crippen molar-refractivity contribution in [2.45, 2.75) is 12.3 Å². The number of morpholine rings is 1. The average Bonchev–Trinajstić information content (AvgIpc) is 3.32. The zero-order valence-electron chi connectivity index (χ0n) is 15.6. The van der Waals surface area contributed by atoms with Crippen molar-refractivity contribution < 1.29 is 29.0 Å². The number of aliphatic hydroxyl groups excluding tert-OH is 1. The van der Waals surface area contributed by atoms with E-state index in [9.17, 15) is 19.5 Å². The summed E-state index contributed by atoms with van der Waals surface area (Å²) in [5.74, 6) is -0.621. The average molecular weight is 452 g/mol. The van der Waals surface area contributed by atoms with Crippen LogP contribution >= 0.6 is 22.9 Å². The second-order valence-corrected chi connectivity index (χ2v) is 8.42. The molecule has 2 atom stereocenters. The molecule has 0 saturated carbocycles. The Hall–Kier alpha value is -2.66. The highest BCUT2D eigenvalue weighted by Gasteiger charge is 2.33. The molecule has 2 N–H and O–H groups in total. The van der Waals surface area contributed by atoms with E-state index >= 15 is 0 Å². The first-order chi connectivity index (χ1) is 14.4. The lowest BCUT2D eigenvalue weighted by molar-refractivity contribution is -0.132. The van der Waals surface area contributed by atoms with Crippen molar-refractivity contribution in [3.05, 3.63) is 45.6 Å². The number of thiophene rings is 1. The molecule has 2 saturated heterocycles. The second kappa shape index (κ2) is 8.60. The molecule has 3 heterocycles. The van der Waals surface area contributed by atoms with Crippen molar-refractivity contribution in [1.29, 1.82) is 0 Å². The van der Waals surface area contributed by atoms with Crippen molar-refractivity contribution in [2.75, 3.05) is 36.1 Å². The lowest BCUT2D eigenvalue weighted by Gasteiger charge is -2.32. The molecule has 11 heteroatoms. The van der Waals surface area contributed by atoms with Crippen molar-refractivity contribution >= 4 is 52.2 Å². The van der Waals surface area contributed by atoms with Gasteiger partial charge in [0.1, 0.15) is 12.7 Å². The minimum Gasteiger partial charge on any atom is -0.442 e. The number of rotatable bonds is 5. The van der Waals surface area contributed by atoms with Gasteiger partial charge in [-0.15, -0.1) is 11.3 Å². The van der Waals surface area contributed by atoms with Gasteiger partial charge in [-0.3, -0.25) is 19.4 Å². The summed E-state index contributed by atoms with van der Waals surface area (Å²) < 4.78 is 10.9. The van der Waals surface area contributed by atoms with Gasteiger partial charge in [0.05, 0.1) is 28.9 Å². The zero-order valence-corrected chi connectivity index (χ0v) is 17.2. The first kappa shape index (κ1) is 20.6. The number of nitrogens with one attached hydrogen (secondary N) is 1. The van der Waals surface area contributed by atoms with Crippen LogP contribution in [0.25, 0.3) is 0 Å². The quantitative estimate of drug-likeness (QED) is 0.718. The molecule has 2 aliphatic rings. The van der Waals surface area contributed by atoms with E-state index in [1.807, 2.05) is 0 Å². The fourth-order valence-corrected chi connectivity index (χ4v) is 4.20. The van der Waals surface area contributed by atoms with Crippen molar-refractivity contribution in [3.63, 3.8) is 0 Å². The number of benzene rings is 1. The van der Waals surface area contributed by atoms with E-state index < -0.39 is 18.4 Å². The van der Waals surface area contributed by atoms with Crippen molar-refractivity contribution in [3.8, 4) is 0 Å². The van der Waals surface area contributed by atoms with E-state index in [2.05, 4.69) is 5.32 Å². The standard InChI is InChI=1S/C19H18ClN3O6S/c20-15-6-5-14(30-15)18(26)21-7-13-8-22(19(27)29-13)11-1-3-12(4-2-11)23-16(24)9-28-10-17(23)25/h1-6,13,16,24H,7-10H2,(H,21,26).